The maximum Gasteiger partial charge on any atom is 0.416 e. The summed E-state index contributed by atoms with van der Waals surface area (Å²) in [6, 6.07) is 12.4. The number of nitrogens with one attached hydrogen (secondary N) is 1. The van der Waals surface area contributed by atoms with Crippen molar-refractivity contribution >= 4 is 32.8 Å². The van der Waals surface area contributed by atoms with Crippen LogP contribution in [0.4, 0.5) is 13.2 Å². The lowest BCUT2D eigenvalue weighted by molar-refractivity contribution is -0.137. The van der Waals surface area contributed by atoms with E-state index in [4.69, 9.17) is 4.74 Å². The van der Waals surface area contributed by atoms with Gasteiger partial charge < -0.3 is 9.84 Å². The van der Waals surface area contributed by atoms with E-state index in [1.54, 1.807) is 6.07 Å². The number of thiophene rings is 1. The average molecular weight is 437 g/mol. The van der Waals surface area contributed by atoms with Crippen molar-refractivity contribution in [1.82, 2.24) is 4.98 Å². The fraction of sp³-hybridized carbons (Fsp3) is 0.150. The highest BCUT2D eigenvalue weighted by molar-refractivity contribution is 7.19. The zero-order valence-electron chi connectivity index (χ0n) is 14.7. The number of aromatic amines is 1. The molecule has 0 atom stereocenters. The first-order valence-corrected chi connectivity index (χ1v) is 10.1. The van der Waals surface area contributed by atoms with Crippen molar-refractivity contribution in [2.24, 2.45) is 0 Å². The Balaban J connectivity index is 1.46. The normalized spacial score (nSPS) is 11.8. The number of alkyl halides is 3. The Morgan fingerprint density at radius 2 is 1.79 bits per heavy atom. The van der Waals surface area contributed by atoms with Crippen molar-refractivity contribution in [3.63, 3.8) is 0 Å². The molecule has 0 unspecified atom stereocenters. The van der Waals surface area contributed by atoms with E-state index in [9.17, 15) is 23.1 Å². The third kappa shape index (κ3) is 4.46. The Morgan fingerprint density at radius 3 is 2.45 bits per heavy atom. The number of thiazole rings is 1. The molecule has 0 saturated heterocycles. The Hall–Kier alpha value is -2.78. The van der Waals surface area contributed by atoms with Gasteiger partial charge in [0.2, 0.25) is 5.88 Å². The van der Waals surface area contributed by atoms with Crippen LogP contribution in [0.1, 0.15) is 20.9 Å². The lowest BCUT2D eigenvalue weighted by atomic mass is 10.1. The van der Waals surface area contributed by atoms with Gasteiger partial charge in [-0.3, -0.25) is 9.78 Å². The lowest BCUT2D eigenvalue weighted by Crippen LogP contribution is -2.05. The lowest BCUT2D eigenvalue weighted by Gasteiger charge is -2.09. The van der Waals surface area contributed by atoms with Crippen LogP contribution in [0.15, 0.2) is 53.3 Å². The van der Waals surface area contributed by atoms with E-state index in [1.165, 1.54) is 23.5 Å². The van der Waals surface area contributed by atoms with Gasteiger partial charge in [-0.15, -0.1) is 11.3 Å². The molecule has 2 N–H and O–H groups in total. The van der Waals surface area contributed by atoms with Gasteiger partial charge in [-0.2, -0.15) is 13.2 Å². The van der Waals surface area contributed by atoms with Gasteiger partial charge in [-0.1, -0.05) is 23.5 Å². The SMILES string of the molecule is O=c1[nH]c(O)c(Cc2cc3ccc(OCc4ccc(C(F)(F)F)cc4)cc3s2)s1. The molecule has 0 fully saturated rings. The van der Waals surface area contributed by atoms with Gasteiger partial charge in [-0.05, 0) is 47.3 Å². The second-order valence-corrected chi connectivity index (χ2v) is 8.59. The number of aromatic nitrogens is 1. The summed E-state index contributed by atoms with van der Waals surface area (Å²) >= 11 is 2.51. The summed E-state index contributed by atoms with van der Waals surface area (Å²) in [7, 11) is 0. The van der Waals surface area contributed by atoms with Crippen molar-refractivity contribution in [3.05, 3.63) is 79.1 Å². The van der Waals surface area contributed by atoms with E-state index < -0.39 is 11.7 Å². The molecule has 0 bridgehead atoms. The van der Waals surface area contributed by atoms with Crippen LogP contribution in [-0.4, -0.2) is 10.1 Å². The molecule has 0 aliphatic rings. The van der Waals surface area contributed by atoms with Crippen molar-refractivity contribution in [2.45, 2.75) is 19.2 Å². The molecule has 4 rings (SSSR count). The smallest absolute Gasteiger partial charge is 0.416 e. The third-order valence-corrected chi connectivity index (χ3v) is 6.23. The number of halogens is 3. The minimum atomic E-state index is -4.35. The molecule has 0 aliphatic carbocycles. The van der Waals surface area contributed by atoms with Crippen LogP contribution in [0.25, 0.3) is 10.1 Å². The van der Waals surface area contributed by atoms with Gasteiger partial charge in [-0.25, -0.2) is 0 Å². The highest BCUT2D eigenvalue weighted by atomic mass is 32.1. The van der Waals surface area contributed by atoms with Crippen molar-refractivity contribution in [1.29, 1.82) is 0 Å². The van der Waals surface area contributed by atoms with E-state index in [1.807, 2.05) is 18.2 Å². The molecule has 4 nitrogen and oxygen atoms in total. The van der Waals surface area contributed by atoms with Gasteiger partial charge in [0.25, 0.3) is 0 Å². The number of benzene rings is 2. The Morgan fingerprint density at radius 1 is 1.03 bits per heavy atom. The first kappa shape index (κ1) is 19.5. The fourth-order valence-electron chi connectivity index (χ4n) is 2.83. The van der Waals surface area contributed by atoms with E-state index >= 15 is 0 Å². The first-order valence-electron chi connectivity index (χ1n) is 8.50. The second kappa shape index (κ2) is 7.57. The Bertz CT molecular complexity index is 1210. The molecule has 0 amide bonds. The zero-order chi connectivity index (χ0) is 20.6. The van der Waals surface area contributed by atoms with Crippen LogP contribution in [0.3, 0.4) is 0 Å². The van der Waals surface area contributed by atoms with Crippen molar-refractivity contribution in [2.75, 3.05) is 0 Å². The van der Waals surface area contributed by atoms with E-state index in [-0.39, 0.29) is 17.4 Å². The molecule has 2 heterocycles. The summed E-state index contributed by atoms with van der Waals surface area (Å²) in [5.41, 5.74) is -0.0462. The van der Waals surface area contributed by atoms with E-state index in [2.05, 4.69) is 4.98 Å². The summed E-state index contributed by atoms with van der Waals surface area (Å²) in [5.74, 6) is 0.512. The summed E-state index contributed by atoms with van der Waals surface area (Å²) in [4.78, 5) is 14.9. The number of ether oxygens (including phenoxy) is 1. The van der Waals surface area contributed by atoms with Crippen LogP contribution in [0.2, 0.25) is 0 Å². The molecule has 29 heavy (non-hydrogen) atoms. The fourth-order valence-corrected chi connectivity index (χ4v) is 4.77. The predicted octanol–water partition coefficient (Wildman–Crippen LogP) is 5.55. The first-order chi connectivity index (χ1) is 13.8. The zero-order valence-corrected chi connectivity index (χ0v) is 16.4. The molecule has 0 aliphatic heterocycles. The highest BCUT2D eigenvalue weighted by Gasteiger charge is 2.29. The van der Waals surface area contributed by atoms with Crippen molar-refractivity contribution in [3.8, 4) is 11.6 Å². The largest absolute Gasteiger partial charge is 0.494 e. The van der Waals surface area contributed by atoms with Gasteiger partial charge in [0, 0.05) is 16.0 Å². The van der Waals surface area contributed by atoms with Gasteiger partial charge in [0.1, 0.15) is 12.4 Å². The molecule has 2 aromatic heterocycles. The molecular formula is C20H14F3NO3S2. The molecule has 0 radical (unpaired) electrons. The summed E-state index contributed by atoms with van der Waals surface area (Å²) in [5, 5.41) is 10.7. The van der Waals surface area contributed by atoms with Crippen molar-refractivity contribution < 1.29 is 23.0 Å². The number of fused-ring (bicyclic) bond motifs is 1. The molecule has 9 heteroatoms. The van der Waals surface area contributed by atoms with E-state index in [0.717, 1.165) is 38.4 Å². The minimum absolute atomic E-state index is 0.0991. The molecular weight excluding hydrogens is 423 g/mol. The van der Waals surface area contributed by atoms with Gasteiger partial charge in [0.05, 0.1) is 10.4 Å². The van der Waals surface area contributed by atoms with Crippen LogP contribution in [-0.2, 0) is 19.2 Å². The predicted molar refractivity (Wildman–Crippen MR) is 107 cm³/mol. The molecule has 4 aromatic rings. The maximum absolute atomic E-state index is 12.6. The maximum atomic E-state index is 12.6. The summed E-state index contributed by atoms with van der Waals surface area (Å²) in [6.45, 7) is 0.160. The van der Waals surface area contributed by atoms with Crippen LogP contribution >= 0.6 is 22.7 Å². The van der Waals surface area contributed by atoms with Gasteiger partial charge >= 0.3 is 11.0 Å². The van der Waals surface area contributed by atoms with Gasteiger partial charge in [0.15, 0.2) is 0 Å². The average Bonchev–Trinajstić information content (AvgIpc) is 3.21. The number of hydrogen-bond donors (Lipinski definition) is 2. The Labute approximate surface area is 170 Å². The number of H-pyrrole nitrogens is 1. The summed E-state index contributed by atoms with van der Waals surface area (Å²) < 4.78 is 44.6. The Kier molecular flexibility index (Phi) is 5.10. The molecule has 0 spiro atoms. The molecule has 2 aromatic carbocycles. The number of rotatable bonds is 5. The standard InChI is InChI=1S/C20H14F3NO3S2/c21-20(22,23)13-4-1-11(2-5-13)10-27-14-6-3-12-7-15(28-16(12)8-14)9-17-18(25)24-19(26)29-17/h1-8,25H,9-10H2,(H,24,26). The molecule has 150 valence electrons. The quantitative estimate of drug-likeness (QED) is 0.431. The second-order valence-electron chi connectivity index (χ2n) is 6.36. The monoisotopic (exact) mass is 437 g/mol. The summed E-state index contributed by atoms with van der Waals surface area (Å²) in [6.07, 6.45) is -3.90. The van der Waals surface area contributed by atoms with Crippen LogP contribution < -0.4 is 9.61 Å². The van der Waals surface area contributed by atoms with Crippen LogP contribution in [0.5, 0.6) is 11.6 Å². The highest BCUT2D eigenvalue weighted by Crippen LogP contribution is 2.33. The van der Waals surface area contributed by atoms with Crippen LogP contribution in [0, 0.1) is 0 Å². The van der Waals surface area contributed by atoms with E-state index in [0.29, 0.717) is 22.6 Å². The number of hydrogen-bond acceptors (Lipinski definition) is 5. The third-order valence-electron chi connectivity index (χ3n) is 4.26. The number of aromatic hydroxyl groups is 1. The topological polar surface area (TPSA) is 62.3 Å². The minimum Gasteiger partial charge on any atom is -0.494 e. The molecule has 0 saturated carbocycles.